The number of halogens is 1. The zero-order chi connectivity index (χ0) is 15.6. The van der Waals surface area contributed by atoms with E-state index in [1.165, 1.54) is 22.4 Å². The minimum Gasteiger partial charge on any atom is -0.504 e. The first-order valence-electron chi connectivity index (χ1n) is 6.78. The van der Waals surface area contributed by atoms with Crippen molar-refractivity contribution in [2.45, 2.75) is 33.4 Å². The zero-order valence-corrected chi connectivity index (χ0v) is 14.2. The summed E-state index contributed by atoms with van der Waals surface area (Å²) in [5, 5.41) is 14.1. The van der Waals surface area contributed by atoms with Gasteiger partial charge in [0.15, 0.2) is 11.5 Å². The van der Waals surface area contributed by atoms with Crippen LogP contribution < -0.4 is 10.1 Å². The second kappa shape index (κ2) is 6.69. The topological polar surface area (TPSA) is 41.5 Å². The maximum atomic E-state index is 10.1. The first-order valence-corrected chi connectivity index (χ1v) is 7.97. The molecular formula is C16H20ClNO2S. The molecule has 1 atom stereocenters. The molecule has 0 fully saturated rings. The van der Waals surface area contributed by atoms with Gasteiger partial charge in [0.1, 0.15) is 0 Å². The van der Waals surface area contributed by atoms with Gasteiger partial charge in [0.2, 0.25) is 0 Å². The van der Waals surface area contributed by atoms with Crippen LogP contribution in [0.4, 0.5) is 0 Å². The Hall–Kier alpha value is -1.23. The van der Waals surface area contributed by atoms with Crippen LogP contribution in [0.2, 0.25) is 5.02 Å². The molecule has 0 amide bonds. The van der Waals surface area contributed by atoms with Crippen molar-refractivity contribution in [3.05, 3.63) is 44.1 Å². The minimum atomic E-state index is 0.139. The van der Waals surface area contributed by atoms with Crippen LogP contribution in [0, 0.1) is 13.8 Å². The van der Waals surface area contributed by atoms with E-state index in [-0.39, 0.29) is 11.8 Å². The number of hydrogen-bond donors (Lipinski definition) is 2. The molecule has 114 valence electrons. The fourth-order valence-corrected chi connectivity index (χ4v) is 3.63. The third kappa shape index (κ3) is 3.70. The van der Waals surface area contributed by atoms with Crippen LogP contribution in [0.1, 0.15) is 33.8 Å². The van der Waals surface area contributed by atoms with E-state index in [4.69, 9.17) is 16.3 Å². The summed E-state index contributed by atoms with van der Waals surface area (Å²) in [6, 6.07) is 5.77. The molecule has 2 rings (SSSR count). The lowest BCUT2D eigenvalue weighted by Crippen LogP contribution is -2.18. The van der Waals surface area contributed by atoms with E-state index >= 15 is 0 Å². The van der Waals surface area contributed by atoms with Crippen LogP contribution in [0.5, 0.6) is 11.5 Å². The van der Waals surface area contributed by atoms with Gasteiger partial charge < -0.3 is 15.2 Å². The number of aryl methyl sites for hydroxylation is 2. The van der Waals surface area contributed by atoms with E-state index in [0.29, 0.717) is 17.3 Å². The van der Waals surface area contributed by atoms with Crippen molar-refractivity contribution in [3.63, 3.8) is 0 Å². The van der Waals surface area contributed by atoms with Crippen molar-refractivity contribution in [1.29, 1.82) is 0 Å². The predicted molar refractivity (Wildman–Crippen MR) is 88.7 cm³/mol. The van der Waals surface area contributed by atoms with E-state index in [0.717, 1.165) is 5.56 Å². The van der Waals surface area contributed by atoms with Crippen LogP contribution in [0.15, 0.2) is 18.2 Å². The number of hydrogen-bond acceptors (Lipinski definition) is 4. The number of phenols is 1. The van der Waals surface area contributed by atoms with E-state index in [1.807, 2.05) is 0 Å². The molecule has 0 bridgehead atoms. The lowest BCUT2D eigenvalue weighted by Gasteiger charge is -2.16. The number of nitrogens with one attached hydrogen (secondary N) is 1. The van der Waals surface area contributed by atoms with Crippen molar-refractivity contribution in [3.8, 4) is 11.5 Å². The quantitative estimate of drug-likeness (QED) is 0.845. The van der Waals surface area contributed by atoms with Crippen LogP contribution in [-0.4, -0.2) is 12.2 Å². The molecule has 1 heterocycles. The summed E-state index contributed by atoms with van der Waals surface area (Å²) in [7, 11) is 1.52. The van der Waals surface area contributed by atoms with Gasteiger partial charge in [0.25, 0.3) is 0 Å². The minimum absolute atomic E-state index is 0.139. The Morgan fingerprint density at radius 1 is 1.33 bits per heavy atom. The van der Waals surface area contributed by atoms with Crippen LogP contribution in [-0.2, 0) is 6.54 Å². The van der Waals surface area contributed by atoms with Crippen LogP contribution in [0.3, 0.4) is 0 Å². The Balaban J connectivity index is 2.13. The fourth-order valence-electron chi connectivity index (χ4n) is 2.37. The number of aromatic hydroxyl groups is 1. The van der Waals surface area contributed by atoms with Gasteiger partial charge in [-0.25, -0.2) is 0 Å². The molecule has 3 nitrogen and oxygen atoms in total. The number of phenolic OH excluding ortho intramolecular Hbond substituents is 1. The monoisotopic (exact) mass is 325 g/mol. The number of rotatable bonds is 5. The molecule has 0 radical (unpaired) electrons. The summed E-state index contributed by atoms with van der Waals surface area (Å²) in [5.41, 5.74) is 2.03. The normalized spacial score (nSPS) is 12.4. The van der Waals surface area contributed by atoms with Crippen molar-refractivity contribution in [1.82, 2.24) is 5.32 Å². The Morgan fingerprint density at radius 3 is 2.62 bits per heavy atom. The van der Waals surface area contributed by atoms with Crippen LogP contribution in [0.25, 0.3) is 0 Å². The Bertz CT molecular complexity index is 639. The van der Waals surface area contributed by atoms with Crippen molar-refractivity contribution in [2.75, 3.05) is 7.11 Å². The molecule has 1 unspecified atom stereocenters. The maximum absolute atomic E-state index is 10.1. The highest BCUT2D eigenvalue weighted by Gasteiger charge is 2.14. The highest BCUT2D eigenvalue weighted by Crippen LogP contribution is 2.34. The molecule has 0 aliphatic carbocycles. The number of methoxy groups -OCH3 is 1. The maximum Gasteiger partial charge on any atom is 0.162 e. The Morgan fingerprint density at radius 2 is 2.05 bits per heavy atom. The first kappa shape index (κ1) is 16.1. The molecule has 0 saturated carbocycles. The number of thiophene rings is 1. The summed E-state index contributed by atoms with van der Waals surface area (Å²) in [6.45, 7) is 6.89. The lowest BCUT2D eigenvalue weighted by atomic mass is 10.1. The molecule has 2 N–H and O–H groups in total. The molecule has 0 aliphatic rings. The van der Waals surface area contributed by atoms with E-state index < -0.39 is 0 Å². The van der Waals surface area contributed by atoms with Gasteiger partial charge in [-0.15, -0.1) is 11.3 Å². The largest absolute Gasteiger partial charge is 0.504 e. The van der Waals surface area contributed by atoms with Crippen molar-refractivity contribution < 1.29 is 9.84 Å². The second-order valence-corrected chi connectivity index (χ2v) is 6.98. The summed E-state index contributed by atoms with van der Waals surface area (Å²) in [4.78, 5) is 2.63. The predicted octanol–water partition coefficient (Wildman–Crippen LogP) is 4.58. The standard InChI is InChI=1S/C16H20ClNO2S/c1-9-5-14(11(3)21-9)10(2)18-8-12-6-13(17)7-15(20-4)16(12)19/h5-7,10,18-19H,8H2,1-4H3. The molecule has 5 heteroatoms. The first-order chi connectivity index (χ1) is 9.92. The molecule has 1 aromatic carbocycles. The lowest BCUT2D eigenvalue weighted by molar-refractivity contribution is 0.369. The highest BCUT2D eigenvalue weighted by molar-refractivity contribution is 7.12. The van der Waals surface area contributed by atoms with Gasteiger partial charge in [-0.2, -0.15) is 0 Å². The Labute approximate surface area is 134 Å². The smallest absolute Gasteiger partial charge is 0.162 e. The zero-order valence-electron chi connectivity index (χ0n) is 12.7. The summed E-state index contributed by atoms with van der Waals surface area (Å²) in [5.74, 6) is 0.536. The molecule has 1 aromatic heterocycles. The SMILES string of the molecule is COc1cc(Cl)cc(CNC(C)c2cc(C)sc2C)c1O. The fraction of sp³-hybridized carbons (Fsp3) is 0.375. The second-order valence-electron chi connectivity index (χ2n) is 5.09. The summed E-state index contributed by atoms with van der Waals surface area (Å²) < 4.78 is 5.12. The molecular weight excluding hydrogens is 306 g/mol. The average molecular weight is 326 g/mol. The van der Waals surface area contributed by atoms with E-state index in [2.05, 4.69) is 32.2 Å². The van der Waals surface area contributed by atoms with Gasteiger partial charge in [-0.1, -0.05) is 11.6 Å². The van der Waals surface area contributed by atoms with Crippen molar-refractivity contribution >= 4 is 22.9 Å². The van der Waals surface area contributed by atoms with Gasteiger partial charge in [-0.05, 0) is 38.5 Å². The molecule has 2 aromatic rings. The average Bonchev–Trinajstić information content (AvgIpc) is 2.78. The van der Waals surface area contributed by atoms with Crippen LogP contribution >= 0.6 is 22.9 Å². The summed E-state index contributed by atoms with van der Waals surface area (Å²) >= 11 is 7.84. The van der Waals surface area contributed by atoms with E-state index in [9.17, 15) is 5.11 Å². The van der Waals surface area contributed by atoms with Gasteiger partial charge in [0, 0.05) is 39.0 Å². The number of ether oxygens (including phenoxy) is 1. The third-order valence-electron chi connectivity index (χ3n) is 3.48. The third-order valence-corrected chi connectivity index (χ3v) is 4.68. The molecule has 0 spiro atoms. The number of benzene rings is 1. The molecule has 0 saturated heterocycles. The van der Waals surface area contributed by atoms with Gasteiger partial charge in [0.05, 0.1) is 7.11 Å². The summed E-state index contributed by atoms with van der Waals surface area (Å²) in [6.07, 6.45) is 0. The van der Waals surface area contributed by atoms with E-state index in [1.54, 1.807) is 23.5 Å². The van der Waals surface area contributed by atoms with Crippen molar-refractivity contribution in [2.24, 2.45) is 0 Å². The Kier molecular flexibility index (Phi) is 5.14. The molecule has 0 aliphatic heterocycles. The van der Waals surface area contributed by atoms with Gasteiger partial charge in [-0.3, -0.25) is 0 Å². The molecule has 21 heavy (non-hydrogen) atoms. The highest BCUT2D eigenvalue weighted by atomic mass is 35.5. The van der Waals surface area contributed by atoms with Gasteiger partial charge >= 0.3 is 0 Å².